The van der Waals surface area contributed by atoms with Gasteiger partial charge in [0.2, 0.25) is 0 Å². The monoisotopic (exact) mass is 223 g/mol. The Balaban J connectivity index is 2.50. The largest absolute Gasteiger partial charge is 0.411 e. The molecule has 16 heavy (non-hydrogen) atoms. The summed E-state index contributed by atoms with van der Waals surface area (Å²) in [6, 6.07) is 3.78. The van der Waals surface area contributed by atoms with Crippen LogP contribution in [0.1, 0.15) is 0 Å². The van der Waals surface area contributed by atoms with Crippen molar-refractivity contribution in [2.24, 2.45) is 5.73 Å². The zero-order valence-electron chi connectivity index (χ0n) is 7.75. The molecule has 1 heterocycles. The summed E-state index contributed by atoms with van der Waals surface area (Å²) in [4.78, 5) is 20.4. The van der Waals surface area contributed by atoms with Gasteiger partial charge in [-0.1, -0.05) is 0 Å². The van der Waals surface area contributed by atoms with E-state index in [1.54, 1.807) is 0 Å². The zero-order valence-corrected chi connectivity index (χ0v) is 7.75. The van der Waals surface area contributed by atoms with Gasteiger partial charge in [-0.05, 0) is 11.2 Å². The van der Waals surface area contributed by atoms with E-state index < -0.39 is 11.0 Å². The average molecular weight is 223 g/mol. The lowest BCUT2D eigenvalue weighted by atomic mass is 10.2. The van der Waals surface area contributed by atoms with Crippen LogP contribution in [0.5, 0.6) is 5.88 Å². The first-order valence-electron chi connectivity index (χ1n) is 4.09. The number of fused-ring (bicyclic) bond motifs is 1. The number of amides is 1. The lowest BCUT2D eigenvalue weighted by molar-refractivity contribution is -0.384. The summed E-state index contributed by atoms with van der Waals surface area (Å²) < 4.78 is 9.29. The predicted molar refractivity (Wildman–Crippen MR) is 50.9 cm³/mol. The number of nitro benzene ring substituents is 1. The maximum atomic E-state index is 10.5. The summed E-state index contributed by atoms with van der Waals surface area (Å²) in [5.41, 5.74) is 4.80. The van der Waals surface area contributed by atoms with Gasteiger partial charge in [0, 0.05) is 6.07 Å². The SMILES string of the molecule is NC(=O)Oc1noc2cc([N+](=O)[O-])ccc12. The third-order valence-electron chi connectivity index (χ3n) is 1.83. The highest BCUT2D eigenvalue weighted by Crippen LogP contribution is 2.27. The molecule has 82 valence electrons. The molecule has 2 rings (SSSR count). The minimum absolute atomic E-state index is 0.114. The van der Waals surface area contributed by atoms with Crippen molar-refractivity contribution in [2.75, 3.05) is 0 Å². The van der Waals surface area contributed by atoms with Gasteiger partial charge < -0.3 is 15.0 Å². The highest BCUT2D eigenvalue weighted by Gasteiger charge is 2.15. The first-order chi connectivity index (χ1) is 7.58. The number of benzene rings is 1. The molecular formula is C8H5N3O5. The van der Waals surface area contributed by atoms with Crippen molar-refractivity contribution in [1.82, 2.24) is 5.16 Å². The molecule has 0 bridgehead atoms. The van der Waals surface area contributed by atoms with E-state index in [4.69, 9.17) is 10.3 Å². The quantitative estimate of drug-likeness (QED) is 0.602. The van der Waals surface area contributed by atoms with Crippen LogP contribution in [0.15, 0.2) is 22.7 Å². The first-order valence-corrected chi connectivity index (χ1v) is 4.09. The fraction of sp³-hybridized carbons (Fsp3) is 0. The molecule has 2 aromatic rings. The number of nitro groups is 1. The van der Waals surface area contributed by atoms with Crippen LogP contribution in [-0.4, -0.2) is 16.2 Å². The molecule has 0 aliphatic carbocycles. The third kappa shape index (κ3) is 1.63. The predicted octanol–water partition coefficient (Wildman–Crippen LogP) is 1.19. The van der Waals surface area contributed by atoms with Gasteiger partial charge in [-0.15, -0.1) is 0 Å². The van der Waals surface area contributed by atoms with Gasteiger partial charge in [0.1, 0.15) is 0 Å². The standard InChI is InChI=1S/C8H5N3O5/c9-8(12)15-7-5-2-1-4(11(13)14)3-6(5)16-10-7/h1-3H,(H2,9,12). The van der Waals surface area contributed by atoms with Gasteiger partial charge in [0.25, 0.3) is 11.6 Å². The number of carbonyl (C=O) groups is 1. The Labute approximate surface area is 87.7 Å². The molecule has 0 aliphatic heterocycles. The van der Waals surface area contributed by atoms with Gasteiger partial charge in [0.15, 0.2) is 5.58 Å². The number of hydrogen-bond donors (Lipinski definition) is 1. The zero-order chi connectivity index (χ0) is 11.7. The molecule has 2 N–H and O–H groups in total. The summed E-state index contributed by atoms with van der Waals surface area (Å²) in [7, 11) is 0. The van der Waals surface area contributed by atoms with Gasteiger partial charge in [-0.3, -0.25) is 10.1 Å². The van der Waals surface area contributed by atoms with E-state index >= 15 is 0 Å². The van der Waals surface area contributed by atoms with Crippen LogP contribution in [0, 0.1) is 10.1 Å². The van der Waals surface area contributed by atoms with E-state index in [2.05, 4.69) is 9.89 Å². The topological polar surface area (TPSA) is 121 Å². The fourth-order valence-electron chi connectivity index (χ4n) is 1.19. The van der Waals surface area contributed by atoms with E-state index in [0.29, 0.717) is 5.39 Å². The van der Waals surface area contributed by atoms with Crippen molar-refractivity contribution in [3.63, 3.8) is 0 Å². The Morgan fingerprint density at radius 1 is 1.56 bits per heavy atom. The molecule has 0 saturated carbocycles. The molecule has 0 spiro atoms. The second kappa shape index (κ2) is 3.50. The number of non-ortho nitro benzene ring substituents is 1. The van der Waals surface area contributed by atoms with Crippen LogP contribution < -0.4 is 10.5 Å². The van der Waals surface area contributed by atoms with E-state index in [0.717, 1.165) is 0 Å². The van der Waals surface area contributed by atoms with Crippen molar-refractivity contribution in [3.05, 3.63) is 28.3 Å². The molecule has 0 unspecified atom stereocenters. The second-order valence-electron chi connectivity index (χ2n) is 2.85. The molecule has 8 heteroatoms. The van der Waals surface area contributed by atoms with Crippen LogP contribution in [0.25, 0.3) is 11.0 Å². The summed E-state index contributed by atoms with van der Waals surface area (Å²) in [5, 5.41) is 14.2. The minimum Gasteiger partial charge on any atom is -0.387 e. The second-order valence-corrected chi connectivity index (χ2v) is 2.85. The van der Waals surface area contributed by atoms with Crippen molar-refractivity contribution < 1.29 is 19.0 Å². The highest BCUT2D eigenvalue weighted by molar-refractivity contribution is 5.86. The third-order valence-corrected chi connectivity index (χ3v) is 1.83. The van der Waals surface area contributed by atoms with Crippen molar-refractivity contribution >= 4 is 22.7 Å². The molecular weight excluding hydrogens is 218 g/mol. The number of nitrogens with two attached hydrogens (primary N) is 1. The van der Waals surface area contributed by atoms with Crippen molar-refractivity contribution in [3.8, 4) is 5.88 Å². The summed E-state index contributed by atoms with van der Waals surface area (Å²) in [6.07, 6.45) is -1.03. The van der Waals surface area contributed by atoms with E-state index in [1.165, 1.54) is 18.2 Å². The van der Waals surface area contributed by atoms with Gasteiger partial charge in [-0.25, -0.2) is 4.79 Å². The lowest BCUT2D eigenvalue weighted by Crippen LogP contribution is -2.16. The molecule has 1 aromatic heterocycles. The average Bonchev–Trinajstić information content (AvgIpc) is 2.60. The normalized spacial score (nSPS) is 10.2. The summed E-state index contributed by atoms with van der Waals surface area (Å²) >= 11 is 0. The lowest BCUT2D eigenvalue weighted by Gasteiger charge is -1.93. The Morgan fingerprint density at radius 2 is 2.31 bits per heavy atom. The number of nitrogens with zero attached hydrogens (tertiary/aromatic N) is 2. The molecule has 0 fully saturated rings. The number of ether oxygens (including phenoxy) is 1. The Hall–Kier alpha value is -2.64. The number of primary amides is 1. The van der Waals surface area contributed by atoms with Crippen LogP contribution in [0.3, 0.4) is 0 Å². The van der Waals surface area contributed by atoms with Crippen molar-refractivity contribution in [1.29, 1.82) is 0 Å². The molecule has 0 saturated heterocycles. The number of aromatic nitrogens is 1. The minimum atomic E-state index is -1.03. The van der Waals surface area contributed by atoms with E-state index in [1.807, 2.05) is 0 Å². The molecule has 0 radical (unpaired) electrons. The number of carbonyl (C=O) groups excluding carboxylic acids is 1. The van der Waals surface area contributed by atoms with Gasteiger partial charge in [-0.2, -0.15) is 0 Å². The number of rotatable bonds is 2. The summed E-state index contributed by atoms with van der Waals surface area (Å²) in [6.45, 7) is 0. The smallest absolute Gasteiger partial charge is 0.387 e. The van der Waals surface area contributed by atoms with Gasteiger partial charge in [0.05, 0.1) is 16.4 Å². The maximum Gasteiger partial charge on any atom is 0.411 e. The Kier molecular flexibility index (Phi) is 2.16. The first kappa shape index (κ1) is 9.90. The van der Waals surface area contributed by atoms with Gasteiger partial charge >= 0.3 is 6.09 Å². The molecule has 1 aromatic carbocycles. The van der Waals surface area contributed by atoms with Crippen LogP contribution in [0.2, 0.25) is 0 Å². The molecule has 0 atom stereocenters. The molecule has 1 amide bonds. The van der Waals surface area contributed by atoms with E-state index in [9.17, 15) is 14.9 Å². The highest BCUT2D eigenvalue weighted by atomic mass is 16.6. The summed E-state index contributed by atoms with van der Waals surface area (Å²) in [5.74, 6) is -0.114. The van der Waals surface area contributed by atoms with Crippen LogP contribution in [0.4, 0.5) is 10.5 Å². The Morgan fingerprint density at radius 3 is 2.94 bits per heavy atom. The van der Waals surface area contributed by atoms with E-state index in [-0.39, 0.29) is 17.2 Å². The number of hydrogen-bond acceptors (Lipinski definition) is 6. The molecule has 0 aliphatic rings. The van der Waals surface area contributed by atoms with Crippen molar-refractivity contribution in [2.45, 2.75) is 0 Å². The fourth-order valence-corrected chi connectivity index (χ4v) is 1.19. The maximum absolute atomic E-state index is 10.5. The van der Waals surface area contributed by atoms with Crippen LogP contribution in [-0.2, 0) is 0 Å². The van der Waals surface area contributed by atoms with Crippen LogP contribution >= 0.6 is 0 Å². The Bertz CT molecular complexity index is 576. The molecule has 8 nitrogen and oxygen atoms in total.